The molecule has 0 saturated heterocycles. The average molecular weight is 1110 g/mol. The first kappa shape index (κ1) is 77.2. The minimum Gasteiger partial charge on any atom is -0.462 e. The van der Waals surface area contributed by atoms with Crippen LogP contribution in [0, 0.1) is 0 Å². The first-order chi connectivity index (χ1) is 39.0. The summed E-state index contributed by atoms with van der Waals surface area (Å²) < 4.78 is 17.0. The summed E-state index contributed by atoms with van der Waals surface area (Å²) in [6.45, 7) is 6.74. The molecule has 0 aromatic heterocycles. The molecule has 0 aliphatic rings. The van der Waals surface area contributed by atoms with Crippen molar-refractivity contribution in [2.45, 2.75) is 425 Å². The first-order valence-electron chi connectivity index (χ1n) is 36.2. The Labute approximate surface area is 494 Å². The molecule has 0 unspecified atom stereocenters. The summed E-state index contributed by atoms with van der Waals surface area (Å²) >= 11 is 0. The van der Waals surface area contributed by atoms with E-state index in [1.165, 1.54) is 321 Å². The predicted octanol–water partition coefficient (Wildman–Crippen LogP) is 24.8. The van der Waals surface area contributed by atoms with Crippen molar-refractivity contribution in [3.05, 3.63) is 12.2 Å². The third-order valence-electron chi connectivity index (χ3n) is 16.8. The van der Waals surface area contributed by atoms with Crippen LogP contribution >= 0.6 is 0 Å². The number of ether oxygens (including phenoxy) is 3. The third-order valence-corrected chi connectivity index (χ3v) is 16.8. The Balaban J connectivity index is 4.28. The Morgan fingerprint density at radius 2 is 0.418 bits per heavy atom. The van der Waals surface area contributed by atoms with E-state index in [1.807, 2.05) is 0 Å². The molecule has 0 aliphatic carbocycles. The molecule has 6 heteroatoms. The van der Waals surface area contributed by atoms with Crippen LogP contribution in [0.1, 0.15) is 419 Å². The molecule has 0 fully saturated rings. The normalized spacial score (nSPS) is 12.0. The van der Waals surface area contributed by atoms with Gasteiger partial charge in [-0.25, -0.2) is 0 Å². The fraction of sp³-hybridized carbons (Fsp3) is 0.932. The van der Waals surface area contributed by atoms with Crippen molar-refractivity contribution in [1.82, 2.24) is 0 Å². The molecule has 0 spiro atoms. The van der Waals surface area contributed by atoms with E-state index in [0.717, 1.165) is 57.8 Å². The number of hydrogen-bond donors (Lipinski definition) is 0. The van der Waals surface area contributed by atoms with Crippen LogP contribution in [0.4, 0.5) is 0 Å². The first-order valence-corrected chi connectivity index (χ1v) is 36.2. The molecule has 0 saturated carbocycles. The van der Waals surface area contributed by atoms with Crippen molar-refractivity contribution in [2.24, 2.45) is 0 Å². The lowest BCUT2D eigenvalue weighted by molar-refractivity contribution is -0.167. The van der Waals surface area contributed by atoms with Crippen LogP contribution in [0.25, 0.3) is 0 Å². The number of allylic oxidation sites excluding steroid dienone is 2. The molecule has 0 heterocycles. The molecule has 0 amide bonds. The van der Waals surface area contributed by atoms with Gasteiger partial charge in [0.15, 0.2) is 6.10 Å². The maximum Gasteiger partial charge on any atom is 0.306 e. The molecule has 0 aliphatic heterocycles. The zero-order valence-electron chi connectivity index (χ0n) is 53.9. The molecule has 6 nitrogen and oxygen atoms in total. The van der Waals surface area contributed by atoms with Crippen LogP contribution in [0.2, 0.25) is 0 Å². The number of carbonyl (C=O) groups is 3. The Morgan fingerprint density at radius 1 is 0.241 bits per heavy atom. The van der Waals surface area contributed by atoms with Gasteiger partial charge in [0.2, 0.25) is 0 Å². The molecule has 0 radical (unpaired) electrons. The molecule has 0 aromatic rings. The van der Waals surface area contributed by atoms with E-state index in [0.29, 0.717) is 19.3 Å². The van der Waals surface area contributed by atoms with Gasteiger partial charge in [0, 0.05) is 19.3 Å². The Hall–Kier alpha value is -1.85. The summed E-state index contributed by atoms with van der Waals surface area (Å²) in [5.74, 6) is -0.826. The number of carbonyl (C=O) groups excluding carboxylic acids is 3. The molecule has 1 atom stereocenters. The predicted molar refractivity (Wildman–Crippen MR) is 344 cm³/mol. The van der Waals surface area contributed by atoms with Crippen molar-refractivity contribution in [3.63, 3.8) is 0 Å². The maximum atomic E-state index is 13.0. The molecule has 0 bridgehead atoms. The second-order valence-corrected chi connectivity index (χ2v) is 24.9. The topological polar surface area (TPSA) is 78.9 Å². The highest BCUT2D eigenvalue weighted by molar-refractivity contribution is 5.71. The minimum absolute atomic E-state index is 0.0631. The number of esters is 3. The Kier molecular flexibility index (Phi) is 67.0. The molecule has 0 rings (SSSR count). The molecule has 0 N–H and O–H groups in total. The highest BCUT2D eigenvalue weighted by Crippen LogP contribution is 2.19. The van der Waals surface area contributed by atoms with Gasteiger partial charge in [-0.3, -0.25) is 14.4 Å². The fourth-order valence-electron chi connectivity index (χ4n) is 11.3. The summed E-state index contributed by atoms with van der Waals surface area (Å²) in [4.78, 5) is 38.5. The van der Waals surface area contributed by atoms with Gasteiger partial charge in [0.25, 0.3) is 0 Å². The van der Waals surface area contributed by atoms with E-state index in [2.05, 4.69) is 32.9 Å². The lowest BCUT2D eigenvalue weighted by Gasteiger charge is -2.18. The van der Waals surface area contributed by atoms with E-state index in [4.69, 9.17) is 14.2 Å². The summed E-state index contributed by atoms with van der Waals surface area (Å²) in [6.07, 6.45) is 82.4. The highest BCUT2D eigenvalue weighted by Gasteiger charge is 2.20. The molecule has 79 heavy (non-hydrogen) atoms. The molecule has 0 aromatic carbocycles. The van der Waals surface area contributed by atoms with E-state index in [9.17, 15) is 14.4 Å². The Morgan fingerprint density at radius 3 is 0.633 bits per heavy atom. The van der Waals surface area contributed by atoms with Crippen molar-refractivity contribution in [3.8, 4) is 0 Å². The summed E-state index contributed by atoms with van der Waals surface area (Å²) in [7, 11) is 0. The van der Waals surface area contributed by atoms with Gasteiger partial charge >= 0.3 is 17.9 Å². The van der Waals surface area contributed by atoms with Crippen molar-refractivity contribution >= 4 is 17.9 Å². The monoisotopic (exact) mass is 1110 g/mol. The van der Waals surface area contributed by atoms with Crippen molar-refractivity contribution < 1.29 is 28.6 Å². The summed E-state index contributed by atoms with van der Waals surface area (Å²) in [5.41, 5.74) is 0. The van der Waals surface area contributed by atoms with Crippen LogP contribution < -0.4 is 0 Å². The number of rotatable bonds is 68. The fourth-order valence-corrected chi connectivity index (χ4v) is 11.3. The molecule has 468 valence electrons. The van der Waals surface area contributed by atoms with Crippen LogP contribution in [0.3, 0.4) is 0 Å². The Bertz CT molecular complexity index is 1230. The summed E-state index contributed by atoms with van der Waals surface area (Å²) in [5, 5.41) is 0. The lowest BCUT2D eigenvalue weighted by Crippen LogP contribution is -2.30. The van der Waals surface area contributed by atoms with E-state index < -0.39 is 6.10 Å². The molecular weight excluding hydrogens is 973 g/mol. The van der Waals surface area contributed by atoms with E-state index >= 15 is 0 Å². The van der Waals surface area contributed by atoms with Crippen LogP contribution in [-0.2, 0) is 28.6 Å². The van der Waals surface area contributed by atoms with Gasteiger partial charge in [-0.2, -0.15) is 0 Å². The van der Waals surface area contributed by atoms with Crippen LogP contribution in [0.15, 0.2) is 12.2 Å². The number of hydrogen-bond acceptors (Lipinski definition) is 6. The van der Waals surface area contributed by atoms with Crippen molar-refractivity contribution in [2.75, 3.05) is 13.2 Å². The van der Waals surface area contributed by atoms with E-state index in [-0.39, 0.29) is 31.1 Å². The second kappa shape index (κ2) is 68.6. The number of unbranched alkanes of at least 4 members (excludes halogenated alkanes) is 55. The smallest absolute Gasteiger partial charge is 0.306 e. The maximum absolute atomic E-state index is 13.0. The zero-order valence-corrected chi connectivity index (χ0v) is 53.9. The molecular formula is C73H140O6. The van der Waals surface area contributed by atoms with Crippen molar-refractivity contribution in [1.29, 1.82) is 0 Å². The van der Waals surface area contributed by atoms with Gasteiger partial charge in [-0.1, -0.05) is 367 Å². The third kappa shape index (κ3) is 66.8. The lowest BCUT2D eigenvalue weighted by atomic mass is 10.0. The summed E-state index contributed by atoms with van der Waals surface area (Å²) in [6, 6.07) is 0. The second-order valence-electron chi connectivity index (χ2n) is 24.9. The standard InChI is InChI=1S/C73H140O6/c1-4-7-10-13-16-19-22-25-28-31-34-36-39-42-45-48-51-54-57-60-63-66-72(75)78-69-70(68-77-71(74)65-62-59-56-53-50-47-44-41-38-33-30-27-24-21-18-15-12-9-6-3)79-73(76)67-64-61-58-55-52-49-46-43-40-37-35-32-29-26-23-20-17-14-11-8-5-2/h27,30,70H,4-26,28-29,31-69H2,1-3H3/b30-27-/t70-/m1/s1. The average Bonchev–Trinajstić information content (AvgIpc) is 3.45. The quantitative estimate of drug-likeness (QED) is 0.0261. The van der Waals surface area contributed by atoms with Gasteiger partial charge in [-0.15, -0.1) is 0 Å². The van der Waals surface area contributed by atoms with E-state index in [1.54, 1.807) is 0 Å². The highest BCUT2D eigenvalue weighted by atomic mass is 16.6. The van der Waals surface area contributed by atoms with Gasteiger partial charge < -0.3 is 14.2 Å². The minimum atomic E-state index is -0.767. The van der Waals surface area contributed by atoms with Gasteiger partial charge in [0.1, 0.15) is 13.2 Å². The largest absolute Gasteiger partial charge is 0.462 e. The SMILES string of the molecule is CCCCCCCC/C=C\CCCCCCCCCCCC(=O)OC[C@H](COC(=O)CCCCCCCCCCCCCCCCCCCCCCC)OC(=O)CCCCCCCCCCCCCCCCCCCCCCC. The van der Waals surface area contributed by atoms with Crippen LogP contribution in [0.5, 0.6) is 0 Å². The zero-order chi connectivity index (χ0) is 57.1. The van der Waals surface area contributed by atoms with Crippen LogP contribution in [-0.4, -0.2) is 37.2 Å². The van der Waals surface area contributed by atoms with Gasteiger partial charge in [-0.05, 0) is 44.9 Å². The van der Waals surface area contributed by atoms with Gasteiger partial charge in [0.05, 0.1) is 0 Å².